The fourth-order valence-corrected chi connectivity index (χ4v) is 2.68. The van der Waals surface area contributed by atoms with Crippen LogP contribution in [0.1, 0.15) is 26.7 Å². The van der Waals surface area contributed by atoms with Crippen molar-refractivity contribution in [2.24, 2.45) is 5.92 Å². The topological polar surface area (TPSA) is 49.4 Å². The number of amides is 2. The molecular formula is C15H18ClFN2O2. The lowest BCUT2D eigenvalue weighted by Crippen LogP contribution is -2.45. The van der Waals surface area contributed by atoms with Gasteiger partial charge in [0.05, 0.1) is 10.7 Å². The lowest BCUT2D eigenvalue weighted by molar-refractivity contribution is -0.125. The first-order chi connectivity index (χ1) is 9.88. The molecule has 1 aliphatic rings. The maximum absolute atomic E-state index is 13.1. The van der Waals surface area contributed by atoms with E-state index in [4.69, 9.17) is 11.6 Å². The summed E-state index contributed by atoms with van der Waals surface area (Å²) in [4.78, 5) is 25.8. The van der Waals surface area contributed by atoms with Crippen LogP contribution in [0.15, 0.2) is 18.2 Å². The van der Waals surface area contributed by atoms with Gasteiger partial charge in [0.25, 0.3) is 0 Å². The molecule has 1 unspecified atom stereocenters. The van der Waals surface area contributed by atoms with E-state index < -0.39 is 11.9 Å². The summed E-state index contributed by atoms with van der Waals surface area (Å²) in [6, 6.07) is 3.33. The second-order valence-corrected chi connectivity index (χ2v) is 5.99. The zero-order valence-corrected chi connectivity index (χ0v) is 12.8. The lowest BCUT2D eigenvalue weighted by Gasteiger charge is -2.25. The van der Waals surface area contributed by atoms with Crippen molar-refractivity contribution in [3.63, 3.8) is 0 Å². The number of hydrogen-bond donors (Lipinski definition) is 1. The third kappa shape index (κ3) is 3.73. The van der Waals surface area contributed by atoms with Crippen LogP contribution in [0, 0.1) is 11.7 Å². The van der Waals surface area contributed by atoms with E-state index in [9.17, 15) is 14.0 Å². The van der Waals surface area contributed by atoms with Crippen LogP contribution in [0.25, 0.3) is 0 Å². The Balaban J connectivity index is 2.32. The highest BCUT2D eigenvalue weighted by Gasteiger charge is 2.31. The van der Waals surface area contributed by atoms with E-state index >= 15 is 0 Å². The molecule has 1 aliphatic heterocycles. The van der Waals surface area contributed by atoms with Crippen LogP contribution < -0.4 is 10.2 Å². The number of halogens is 2. The minimum atomic E-state index is -0.568. The summed E-state index contributed by atoms with van der Waals surface area (Å²) in [5, 5.41) is 2.91. The first-order valence-corrected chi connectivity index (χ1v) is 7.32. The molecule has 0 aliphatic carbocycles. The van der Waals surface area contributed by atoms with E-state index in [0.717, 1.165) is 0 Å². The van der Waals surface area contributed by atoms with Crippen molar-refractivity contribution in [1.82, 2.24) is 5.32 Å². The molecule has 0 saturated carbocycles. The molecule has 1 N–H and O–H groups in total. The average molecular weight is 313 g/mol. The molecule has 1 aromatic rings. The van der Waals surface area contributed by atoms with Gasteiger partial charge in [-0.3, -0.25) is 9.59 Å². The Hall–Kier alpha value is -1.62. The van der Waals surface area contributed by atoms with Gasteiger partial charge in [-0.25, -0.2) is 4.39 Å². The van der Waals surface area contributed by atoms with E-state index in [-0.39, 0.29) is 35.7 Å². The number of rotatable bonds is 3. The highest BCUT2D eigenvalue weighted by Crippen LogP contribution is 2.28. The number of anilines is 1. The highest BCUT2D eigenvalue weighted by atomic mass is 35.5. The molecule has 1 atom stereocenters. The van der Waals surface area contributed by atoms with Gasteiger partial charge in [-0.1, -0.05) is 25.4 Å². The van der Waals surface area contributed by atoms with Gasteiger partial charge in [-0.15, -0.1) is 0 Å². The van der Waals surface area contributed by atoms with Crippen molar-refractivity contribution >= 4 is 29.1 Å². The first-order valence-electron chi connectivity index (χ1n) is 6.94. The number of hydrogen-bond acceptors (Lipinski definition) is 2. The number of nitrogens with zero attached hydrogens (tertiary/aromatic N) is 1. The molecule has 1 fully saturated rings. The van der Waals surface area contributed by atoms with Crippen LogP contribution >= 0.6 is 11.6 Å². The zero-order chi connectivity index (χ0) is 15.6. The molecule has 0 bridgehead atoms. The third-order valence-electron chi connectivity index (χ3n) is 3.37. The van der Waals surface area contributed by atoms with Crippen LogP contribution in [0.5, 0.6) is 0 Å². The predicted octanol–water partition coefficient (Wildman–Crippen LogP) is 2.75. The fourth-order valence-electron chi connectivity index (χ4n) is 2.41. The molecule has 0 aromatic heterocycles. The van der Waals surface area contributed by atoms with Crippen molar-refractivity contribution in [2.75, 3.05) is 11.4 Å². The summed E-state index contributed by atoms with van der Waals surface area (Å²) in [5.41, 5.74) is 0.438. The number of carbonyl (C=O) groups excluding carboxylic acids is 2. The number of nitrogens with one attached hydrogen (secondary N) is 1. The SMILES string of the molecule is CC(C)CC1NC(=O)CCN(c2ccc(F)cc2Cl)C1=O. The van der Waals surface area contributed by atoms with Gasteiger partial charge >= 0.3 is 0 Å². The maximum atomic E-state index is 13.1. The summed E-state index contributed by atoms with van der Waals surface area (Å²) >= 11 is 6.03. The zero-order valence-electron chi connectivity index (χ0n) is 12.0. The average Bonchev–Trinajstić information content (AvgIpc) is 2.51. The lowest BCUT2D eigenvalue weighted by atomic mass is 10.0. The first kappa shape index (κ1) is 15.8. The molecule has 1 aromatic carbocycles. The van der Waals surface area contributed by atoms with E-state index in [2.05, 4.69) is 5.32 Å². The van der Waals surface area contributed by atoms with Gasteiger partial charge in [0.15, 0.2) is 0 Å². The Bertz CT molecular complexity index is 563. The van der Waals surface area contributed by atoms with Crippen LogP contribution in [-0.2, 0) is 9.59 Å². The summed E-state index contributed by atoms with van der Waals surface area (Å²) in [6.07, 6.45) is 0.758. The van der Waals surface area contributed by atoms with Crippen molar-refractivity contribution < 1.29 is 14.0 Å². The predicted molar refractivity (Wildman–Crippen MR) is 79.8 cm³/mol. The van der Waals surface area contributed by atoms with Gasteiger partial charge in [-0.2, -0.15) is 0 Å². The summed E-state index contributed by atoms with van der Waals surface area (Å²) in [6.45, 7) is 4.21. The molecule has 2 amide bonds. The van der Waals surface area contributed by atoms with E-state index in [0.29, 0.717) is 12.1 Å². The molecule has 0 radical (unpaired) electrons. The maximum Gasteiger partial charge on any atom is 0.249 e. The van der Waals surface area contributed by atoms with Crippen molar-refractivity contribution in [2.45, 2.75) is 32.7 Å². The Morgan fingerprint density at radius 1 is 1.43 bits per heavy atom. The fraction of sp³-hybridized carbons (Fsp3) is 0.467. The minimum Gasteiger partial charge on any atom is -0.344 e. The molecular weight excluding hydrogens is 295 g/mol. The Labute approximate surface area is 128 Å². The van der Waals surface area contributed by atoms with Crippen LogP contribution in [0.3, 0.4) is 0 Å². The third-order valence-corrected chi connectivity index (χ3v) is 3.67. The molecule has 1 saturated heterocycles. The second kappa shape index (κ2) is 6.43. The smallest absolute Gasteiger partial charge is 0.249 e. The standard InChI is InChI=1S/C15H18ClFN2O2/c1-9(2)7-12-15(21)19(6-5-14(20)18-12)13-4-3-10(17)8-11(13)16/h3-4,8-9,12H,5-7H2,1-2H3,(H,18,20). The van der Waals surface area contributed by atoms with Crippen LogP contribution in [0.4, 0.5) is 10.1 Å². The number of benzene rings is 1. The van der Waals surface area contributed by atoms with Gasteiger partial charge in [0.1, 0.15) is 11.9 Å². The largest absolute Gasteiger partial charge is 0.344 e. The summed E-state index contributed by atoms with van der Waals surface area (Å²) in [5.74, 6) is -0.556. The Morgan fingerprint density at radius 3 is 2.76 bits per heavy atom. The minimum absolute atomic E-state index is 0.158. The normalized spacial score (nSPS) is 19.7. The second-order valence-electron chi connectivity index (χ2n) is 5.59. The van der Waals surface area contributed by atoms with Crippen molar-refractivity contribution in [1.29, 1.82) is 0 Å². The van der Waals surface area contributed by atoms with E-state index in [1.165, 1.54) is 23.1 Å². The van der Waals surface area contributed by atoms with Gasteiger partial charge in [-0.05, 0) is 30.5 Å². The molecule has 21 heavy (non-hydrogen) atoms. The van der Waals surface area contributed by atoms with E-state index in [1.807, 2.05) is 13.8 Å². The van der Waals surface area contributed by atoms with Crippen LogP contribution in [0.2, 0.25) is 5.02 Å². The number of carbonyl (C=O) groups is 2. The monoisotopic (exact) mass is 312 g/mol. The molecule has 6 heteroatoms. The van der Waals surface area contributed by atoms with E-state index in [1.54, 1.807) is 0 Å². The quantitative estimate of drug-likeness (QED) is 0.933. The van der Waals surface area contributed by atoms with Gasteiger partial charge in [0, 0.05) is 13.0 Å². The van der Waals surface area contributed by atoms with Crippen LogP contribution in [-0.4, -0.2) is 24.4 Å². The summed E-state index contributed by atoms with van der Waals surface area (Å²) < 4.78 is 13.1. The van der Waals surface area contributed by atoms with Gasteiger partial charge in [0.2, 0.25) is 11.8 Å². The van der Waals surface area contributed by atoms with Gasteiger partial charge < -0.3 is 10.2 Å². The Kier molecular flexibility index (Phi) is 4.83. The molecule has 0 spiro atoms. The van der Waals surface area contributed by atoms with Crippen molar-refractivity contribution in [3.8, 4) is 0 Å². The van der Waals surface area contributed by atoms with Crippen molar-refractivity contribution in [3.05, 3.63) is 29.0 Å². The highest BCUT2D eigenvalue weighted by molar-refractivity contribution is 6.33. The summed E-state index contributed by atoms with van der Waals surface area (Å²) in [7, 11) is 0. The molecule has 4 nitrogen and oxygen atoms in total. The molecule has 1 heterocycles. The molecule has 2 rings (SSSR count). The Morgan fingerprint density at radius 2 is 2.14 bits per heavy atom. The molecule has 114 valence electrons.